The SMILES string of the molecule is CN1c2nc(Cc3cccc(Cl)c3)ncc2NC1C=O. The van der Waals surface area contributed by atoms with E-state index in [1.807, 2.05) is 31.3 Å². The van der Waals surface area contributed by atoms with Crippen molar-refractivity contribution in [2.75, 3.05) is 17.3 Å². The molecule has 1 aromatic heterocycles. The van der Waals surface area contributed by atoms with E-state index < -0.39 is 0 Å². The molecule has 1 aliphatic heterocycles. The van der Waals surface area contributed by atoms with Gasteiger partial charge in [0.25, 0.3) is 0 Å². The summed E-state index contributed by atoms with van der Waals surface area (Å²) in [6.07, 6.45) is 2.79. The molecule has 1 N–H and O–H groups in total. The Balaban J connectivity index is 1.87. The van der Waals surface area contributed by atoms with Crippen molar-refractivity contribution >= 4 is 29.4 Å². The lowest BCUT2D eigenvalue weighted by atomic mass is 10.1. The minimum absolute atomic E-state index is 0.374. The van der Waals surface area contributed by atoms with Crippen LogP contribution in [0.2, 0.25) is 5.02 Å². The molecule has 0 saturated heterocycles. The number of nitrogens with zero attached hydrogens (tertiary/aromatic N) is 3. The summed E-state index contributed by atoms with van der Waals surface area (Å²) in [6.45, 7) is 0. The second-order valence-corrected chi connectivity index (χ2v) is 5.10. The number of aldehydes is 1. The molecule has 5 nitrogen and oxygen atoms in total. The zero-order valence-electron chi connectivity index (χ0n) is 10.9. The molecule has 0 saturated carbocycles. The fourth-order valence-electron chi connectivity index (χ4n) is 2.21. The molecule has 0 bridgehead atoms. The lowest BCUT2D eigenvalue weighted by molar-refractivity contribution is -0.108. The highest BCUT2D eigenvalue weighted by Crippen LogP contribution is 2.30. The fraction of sp³-hybridized carbons (Fsp3) is 0.214. The van der Waals surface area contributed by atoms with Gasteiger partial charge in [-0.1, -0.05) is 23.7 Å². The molecule has 0 aliphatic carbocycles. The molecule has 6 heteroatoms. The fourth-order valence-corrected chi connectivity index (χ4v) is 2.42. The number of rotatable bonds is 3. The van der Waals surface area contributed by atoms with E-state index in [2.05, 4.69) is 15.3 Å². The Hall–Kier alpha value is -2.14. The zero-order chi connectivity index (χ0) is 14.1. The van der Waals surface area contributed by atoms with Crippen LogP contribution in [-0.4, -0.2) is 29.5 Å². The summed E-state index contributed by atoms with van der Waals surface area (Å²) in [7, 11) is 1.83. The molecule has 2 aromatic rings. The molecule has 0 radical (unpaired) electrons. The summed E-state index contributed by atoms with van der Waals surface area (Å²) in [5, 5.41) is 3.74. The Bertz CT molecular complexity index is 661. The number of aromatic nitrogens is 2. The van der Waals surface area contributed by atoms with Gasteiger partial charge in [0.1, 0.15) is 5.82 Å². The van der Waals surface area contributed by atoms with Crippen LogP contribution in [0.3, 0.4) is 0 Å². The van der Waals surface area contributed by atoms with Crippen molar-refractivity contribution in [2.24, 2.45) is 0 Å². The topological polar surface area (TPSA) is 58.1 Å². The van der Waals surface area contributed by atoms with E-state index in [1.54, 1.807) is 11.1 Å². The summed E-state index contributed by atoms with van der Waals surface area (Å²) >= 11 is 5.97. The average Bonchev–Trinajstić information content (AvgIpc) is 2.75. The molecule has 3 rings (SSSR count). The predicted molar refractivity (Wildman–Crippen MR) is 78.2 cm³/mol. The number of hydrogen-bond donors (Lipinski definition) is 1. The highest BCUT2D eigenvalue weighted by atomic mass is 35.5. The predicted octanol–water partition coefficient (Wildman–Crippen LogP) is 2.11. The molecule has 0 amide bonds. The summed E-state index contributed by atoms with van der Waals surface area (Å²) < 4.78 is 0. The van der Waals surface area contributed by atoms with E-state index in [-0.39, 0.29) is 6.17 Å². The van der Waals surface area contributed by atoms with Gasteiger partial charge in [0.05, 0.1) is 11.9 Å². The molecule has 0 spiro atoms. The van der Waals surface area contributed by atoms with Crippen LogP contribution >= 0.6 is 11.6 Å². The Kier molecular flexibility index (Phi) is 3.28. The minimum Gasteiger partial charge on any atom is -0.355 e. The van der Waals surface area contributed by atoms with Gasteiger partial charge < -0.3 is 10.2 Å². The number of halogens is 1. The first-order valence-corrected chi connectivity index (χ1v) is 6.60. The van der Waals surface area contributed by atoms with Gasteiger partial charge in [-0.25, -0.2) is 9.97 Å². The van der Waals surface area contributed by atoms with Crippen molar-refractivity contribution in [3.63, 3.8) is 0 Å². The molecule has 0 fully saturated rings. The van der Waals surface area contributed by atoms with Crippen molar-refractivity contribution in [2.45, 2.75) is 12.6 Å². The molecule has 1 atom stereocenters. The first-order chi connectivity index (χ1) is 9.67. The maximum absolute atomic E-state index is 10.9. The lowest BCUT2D eigenvalue weighted by Gasteiger charge is -2.15. The number of hydrogen-bond acceptors (Lipinski definition) is 5. The van der Waals surface area contributed by atoms with Crippen LogP contribution < -0.4 is 10.2 Å². The number of carbonyl (C=O) groups is 1. The summed E-state index contributed by atoms with van der Waals surface area (Å²) in [5.41, 5.74) is 1.83. The number of benzene rings is 1. The second kappa shape index (κ2) is 5.09. The molecule has 20 heavy (non-hydrogen) atoms. The van der Waals surface area contributed by atoms with Gasteiger partial charge in [0.2, 0.25) is 0 Å². The third-order valence-corrected chi connectivity index (χ3v) is 3.49. The summed E-state index contributed by atoms with van der Waals surface area (Å²) in [6, 6.07) is 7.62. The highest BCUT2D eigenvalue weighted by molar-refractivity contribution is 6.30. The third-order valence-electron chi connectivity index (χ3n) is 3.25. The average molecular weight is 289 g/mol. The van der Waals surface area contributed by atoms with Crippen molar-refractivity contribution < 1.29 is 4.79 Å². The Morgan fingerprint density at radius 1 is 1.50 bits per heavy atom. The van der Waals surface area contributed by atoms with Crippen molar-refractivity contribution in [3.05, 3.63) is 46.9 Å². The largest absolute Gasteiger partial charge is 0.355 e. The van der Waals surface area contributed by atoms with Crippen LogP contribution in [0.4, 0.5) is 11.5 Å². The standard InChI is InChI=1S/C14H13ClN4O/c1-19-13(8-20)17-11-7-16-12(18-14(11)19)6-9-3-2-4-10(15)5-9/h2-5,7-8,13,17H,6H2,1H3. The first kappa shape index (κ1) is 12.9. The number of carbonyl (C=O) groups excluding carboxylic acids is 1. The van der Waals surface area contributed by atoms with Crippen molar-refractivity contribution in [1.82, 2.24) is 9.97 Å². The highest BCUT2D eigenvalue weighted by Gasteiger charge is 2.27. The van der Waals surface area contributed by atoms with Gasteiger partial charge >= 0.3 is 0 Å². The molecule has 1 aromatic carbocycles. The van der Waals surface area contributed by atoms with Crippen LogP contribution in [0.1, 0.15) is 11.4 Å². The van der Waals surface area contributed by atoms with Gasteiger partial charge in [-0.15, -0.1) is 0 Å². The van der Waals surface area contributed by atoms with Crippen LogP contribution in [0, 0.1) is 0 Å². The third kappa shape index (κ3) is 2.32. The molecule has 1 unspecified atom stereocenters. The smallest absolute Gasteiger partial charge is 0.162 e. The Morgan fingerprint density at radius 3 is 3.10 bits per heavy atom. The molecule has 2 heterocycles. The van der Waals surface area contributed by atoms with Gasteiger partial charge in [0.15, 0.2) is 18.3 Å². The lowest BCUT2D eigenvalue weighted by Crippen LogP contribution is -2.33. The van der Waals surface area contributed by atoms with E-state index in [0.29, 0.717) is 17.3 Å². The van der Waals surface area contributed by atoms with Crippen molar-refractivity contribution in [1.29, 1.82) is 0 Å². The van der Waals surface area contributed by atoms with Crippen LogP contribution in [0.5, 0.6) is 0 Å². The van der Waals surface area contributed by atoms with E-state index in [1.165, 1.54) is 0 Å². The number of likely N-dealkylation sites (N-methyl/N-ethyl adjacent to an activating group) is 1. The van der Waals surface area contributed by atoms with Crippen LogP contribution in [-0.2, 0) is 11.2 Å². The van der Waals surface area contributed by atoms with Crippen LogP contribution in [0.15, 0.2) is 30.5 Å². The van der Waals surface area contributed by atoms with Crippen LogP contribution in [0.25, 0.3) is 0 Å². The Morgan fingerprint density at radius 2 is 2.35 bits per heavy atom. The zero-order valence-corrected chi connectivity index (χ0v) is 11.6. The van der Waals surface area contributed by atoms with Gasteiger partial charge in [-0.2, -0.15) is 0 Å². The number of nitrogens with one attached hydrogen (secondary N) is 1. The maximum Gasteiger partial charge on any atom is 0.162 e. The van der Waals surface area contributed by atoms with Gasteiger partial charge in [-0.05, 0) is 17.7 Å². The quantitative estimate of drug-likeness (QED) is 0.877. The minimum atomic E-state index is -0.374. The monoisotopic (exact) mass is 288 g/mol. The molecule has 102 valence electrons. The van der Waals surface area contributed by atoms with E-state index in [9.17, 15) is 4.79 Å². The normalized spacial score (nSPS) is 16.7. The van der Waals surface area contributed by atoms with E-state index >= 15 is 0 Å². The second-order valence-electron chi connectivity index (χ2n) is 4.67. The van der Waals surface area contributed by atoms with E-state index in [4.69, 9.17) is 11.6 Å². The first-order valence-electron chi connectivity index (χ1n) is 6.22. The number of fused-ring (bicyclic) bond motifs is 1. The summed E-state index contributed by atoms with van der Waals surface area (Å²) in [4.78, 5) is 21.6. The molecular formula is C14H13ClN4O. The maximum atomic E-state index is 10.9. The molecular weight excluding hydrogens is 276 g/mol. The Labute approximate surface area is 121 Å². The number of anilines is 2. The summed E-state index contributed by atoms with van der Waals surface area (Å²) in [5.74, 6) is 1.44. The van der Waals surface area contributed by atoms with Gasteiger partial charge in [-0.3, -0.25) is 4.79 Å². The molecule has 1 aliphatic rings. The van der Waals surface area contributed by atoms with E-state index in [0.717, 1.165) is 23.4 Å². The van der Waals surface area contributed by atoms with Crippen molar-refractivity contribution in [3.8, 4) is 0 Å². The van der Waals surface area contributed by atoms with Gasteiger partial charge in [0, 0.05) is 18.5 Å².